The topological polar surface area (TPSA) is 12.0 Å². The van der Waals surface area contributed by atoms with Crippen LogP contribution in [-0.2, 0) is 0 Å². The molecule has 0 saturated carbocycles. The molecule has 0 aliphatic heterocycles. The number of fused-ring (bicyclic) bond motifs is 5. The van der Waals surface area contributed by atoms with Crippen LogP contribution in [0.3, 0.4) is 0 Å². The van der Waals surface area contributed by atoms with Crippen molar-refractivity contribution < 1.29 is 0 Å². The van der Waals surface area contributed by atoms with Crippen LogP contribution >= 0.6 is 11.3 Å². The first-order valence-electron chi connectivity index (χ1n) is 13.6. The molecule has 40 heavy (non-hydrogen) atoms. The molecule has 0 aliphatic rings. The number of benzene rings is 7. The van der Waals surface area contributed by atoms with E-state index in [1.165, 1.54) is 64.0 Å². The number of anilines is 2. The van der Waals surface area contributed by atoms with Crippen molar-refractivity contribution in [3.8, 4) is 22.3 Å². The van der Waals surface area contributed by atoms with Crippen LogP contribution in [0.4, 0.5) is 11.4 Å². The fourth-order valence-electron chi connectivity index (χ4n) is 5.69. The lowest BCUT2D eigenvalue weighted by Crippen LogP contribution is -1.89. The van der Waals surface area contributed by atoms with Gasteiger partial charge in [0.25, 0.3) is 0 Å². The van der Waals surface area contributed by atoms with E-state index in [-0.39, 0.29) is 0 Å². The summed E-state index contributed by atoms with van der Waals surface area (Å²) in [4.78, 5) is 0. The van der Waals surface area contributed by atoms with Gasteiger partial charge < -0.3 is 5.32 Å². The minimum atomic E-state index is 1.09. The van der Waals surface area contributed by atoms with Crippen LogP contribution in [0.5, 0.6) is 0 Å². The molecule has 0 amide bonds. The molecule has 0 radical (unpaired) electrons. The molecule has 0 spiro atoms. The Bertz CT molecular complexity index is 2190. The first-order valence-corrected chi connectivity index (χ1v) is 14.4. The van der Waals surface area contributed by atoms with Crippen molar-refractivity contribution in [2.75, 3.05) is 5.32 Å². The van der Waals surface area contributed by atoms with Crippen LogP contribution in [-0.4, -0.2) is 0 Å². The predicted molar refractivity (Wildman–Crippen MR) is 175 cm³/mol. The normalized spacial score (nSPS) is 11.5. The monoisotopic (exact) mass is 527 g/mol. The van der Waals surface area contributed by atoms with Gasteiger partial charge in [-0.2, -0.15) is 0 Å². The van der Waals surface area contributed by atoms with E-state index in [1.54, 1.807) is 0 Å². The summed E-state index contributed by atoms with van der Waals surface area (Å²) < 4.78 is 2.64. The molecule has 0 aliphatic carbocycles. The number of hydrogen-bond acceptors (Lipinski definition) is 2. The Kier molecular flexibility index (Phi) is 5.39. The maximum absolute atomic E-state index is 3.59. The summed E-state index contributed by atoms with van der Waals surface area (Å²) in [5.74, 6) is 0. The highest BCUT2D eigenvalue weighted by Crippen LogP contribution is 2.36. The molecule has 8 aromatic rings. The Morgan fingerprint density at radius 3 is 1.62 bits per heavy atom. The van der Waals surface area contributed by atoms with Gasteiger partial charge in [0.15, 0.2) is 0 Å². The zero-order chi connectivity index (χ0) is 26.5. The lowest BCUT2D eigenvalue weighted by molar-refractivity contribution is 1.56. The summed E-state index contributed by atoms with van der Waals surface area (Å²) in [6.07, 6.45) is 0. The van der Waals surface area contributed by atoms with E-state index in [0.717, 1.165) is 11.4 Å². The standard InChI is InChI=1S/C38H25NS/c1-2-6-27-21-29(10-9-25(27)5-1)32-14-13-30-22-28(11-12-31(30)23-32)26-15-17-33(18-16-26)39-34-19-20-36-35-7-3-4-8-37(35)40-38(36)24-34/h1-24,39H. The van der Waals surface area contributed by atoms with Gasteiger partial charge in [-0.1, -0.05) is 97.1 Å². The molecule has 0 saturated heterocycles. The van der Waals surface area contributed by atoms with Crippen molar-refractivity contribution in [1.29, 1.82) is 0 Å². The van der Waals surface area contributed by atoms with Crippen molar-refractivity contribution in [2.24, 2.45) is 0 Å². The molecule has 0 bridgehead atoms. The smallest absolute Gasteiger partial charge is 0.0398 e. The van der Waals surface area contributed by atoms with Gasteiger partial charge in [-0.15, -0.1) is 11.3 Å². The third-order valence-electron chi connectivity index (χ3n) is 7.81. The number of rotatable bonds is 4. The zero-order valence-corrected chi connectivity index (χ0v) is 22.6. The maximum atomic E-state index is 3.59. The van der Waals surface area contributed by atoms with E-state index in [2.05, 4.69) is 151 Å². The molecule has 2 heteroatoms. The van der Waals surface area contributed by atoms with Gasteiger partial charge in [-0.25, -0.2) is 0 Å². The summed E-state index contributed by atoms with van der Waals surface area (Å²) in [5, 5.41) is 11.3. The zero-order valence-electron chi connectivity index (χ0n) is 21.8. The summed E-state index contributed by atoms with van der Waals surface area (Å²) in [6.45, 7) is 0. The van der Waals surface area contributed by atoms with E-state index < -0.39 is 0 Å². The van der Waals surface area contributed by atoms with Gasteiger partial charge in [0.05, 0.1) is 0 Å². The quantitative estimate of drug-likeness (QED) is 0.240. The third kappa shape index (κ3) is 4.10. The number of thiophene rings is 1. The van der Waals surface area contributed by atoms with Gasteiger partial charge in [0.2, 0.25) is 0 Å². The SMILES string of the molecule is c1ccc2cc(-c3ccc4cc(-c5ccc(Nc6ccc7c(c6)sc6ccccc67)cc5)ccc4c3)ccc2c1. The third-order valence-corrected chi connectivity index (χ3v) is 8.94. The molecule has 0 unspecified atom stereocenters. The molecule has 1 aromatic heterocycles. The minimum Gasteiger partial charge on any atom is -0.355 e. The number of hydrogen-bond donors (Lipinski definition) is 1. The van der Waals surface area contributed by atoms with Gasteiger partial charge in [0.1, 0.15) is 0 Å². The molecule has 1 nitrogen and oxygen atoms in total. The molecule has 1 N–H and O–H groups in total. The first kappa shape index (κ1) is 23.0. The van der Waals surface area contributed by atoms with Gasteiger partial charge in [0, 0.05) is 31.5 Å². The Balaban J connectivity index is 1.04. The van der Waals surface area contributed by atoms with E-state index >= 15 is 0 Å². The largest absolute Gasteiger partial charge is 0.355 e. The summed E-state index contributed by atoms with van der Waals surface area (Å²) in [5.41, 5.74) is 7.13. The van der Waals surface area contributed by atoms with Crippen LogP contribution in [0, 0.1) is 0 Å². The average molecular weight is 528 g/mol. The van der Waals surface area contributed by atoms with Gasteiger partial charge >= 0.3 is 0 Å². The molecule has 1 heterocycles. The first-order chi connectivity index (χ1) is 19.8. The van der Waals surface area contributed by atoms with Crippen molar-refractivity contribution >= 4 is 64.4 Å². The fourth-order valence-corrected chi connectivity index (χ4v) is 6.84. The van der Waals surface area contributed by atoms with Gasteiger partial charge in [-0.3, -0.25) is 0 Å². The second-order valence-electron chi connectivity index (χ2n) is 10.4. The highest BCUT2D eigenvalue weighted by molar-refractivity contribution is 7.25. The highest BCUT2D eigenvalue weighted by Gasteiger charge is 2.07. The minimum absolute atomic E-state index is 1.09. The Morgan fingerprint density at radius 2 is 0.875 bits per heavy atom. The van der Waals surface area contributed by atoms with Gasteiger partial charge in [-0.05, 0) is 92.3 Å². The average Bonchev–Trinajstić information content (AvgIpc) is 3.38. The van der Waals surface area contributed by atoms with E-state index in [4.69, 9.17) is 0 Å². The van der Waals surface area contributed by atoms with Crippen molar-refractivity contribution in [3.63, 3.8) is 0 Å². The fraction of sp³-hybridized carbons (Fsp3) is 0. The predicted octanol–water partition coefficient (Wildman–Crippen LogP) is 11.4. The second-order valence-corrected chi connectivity index (χ2v) is 11.4. The van der Waals surface area contributed by atoms with Crippen molar-refractivity contribution in [2.45, 2.75) is 0 Å². The molecule has 0 atom stereocenters. The van der Waals surface area contributed by atoms with E-state index in [9.17, 15) is 0 Å². The van der Waals surface area contributed by atoms with E-state index in [1.807, 2.05) is 11.3 Å². The van der Waals surface area contributed by atoms with E-state index in [0.29, 0.717) is 0 Å². The molecule has 8 rings (SSSR count). The van der Waals surface area contributed by atoms with Crippen LogP contribution in [0.25, 0.3) is 64.0 Å². The van der Waals surface area contributed by atoms with Crippen LogP contribution in [0.15, 0.2) is 146 Å². The molecule has 0 fully saturated rings. The molecule has 188 valence electrons. The van der Waals surface area contributed by atoms with Crippen molar-refractivity contribution in [3.05, 3.63) is 146 Å². The Morgan fingerprint density at radius 1 is 0.350 bits per heavy atom. The number of nitrogens with one attached hydrogen (secondary N) is 1. The van der Waals surface area contributed by atoms with Crippen LogP contribution in [0.2, 0.25) is 0 Å². The molecular weight excluding hydrogens is 502 g/mol. The highest BCUT2D eigenvalue weighted by atomic mass is 32.1. The van der Waals surface area contributed by atoms with Crippen LogP contribution in [0.1, 0.15) is 0 Å². The summed E-state index contributed by atoms with van der Waals surface area (Å²) >= 11 is 1.85. The Hall–Kier alpha value is -4.92. The summed E-state index contributed by atoms with van der Waals surface area (Å²) in [6, 6.07) is 52.8. The molecular formula is C38H25NS. The maximum Gasteiger partial charge on any atom is 0.0398 e. The Labute approximate surface area is 237 Å². The lowest BCUT2D eigenvalue weighted by atomic mass is 9.96. The lowest BCUT2D eigenvalue weighted by Gasteiger charge is -2.10. The molecule has 7 aromatic carbocycles. The second kappa shape index (κ2) is 9.37. The van der Waals surface area contributed by atoms with Crippen molar-refractivity contribution in [1.82, 2.24) is 0 Å². The van der Waals surface area contributed by atoms with Crippen LogP contribution < -0.4 is 5.32 Å². The summed E-state index contributed by atoms with van der Waals surface area (Å²) in [7, 11) is 0.